The van der Waals surface area contributed by atoms with Crippen molar-refractivity contribution < 1.29 is 52.1 Å². The maximum absolute atomic E-state index is 14.0. The lowest BCUT2D eigenvalue weighted by atomic mass is 9.85. The first-order valence-electron chi connectivity index (χ1n) is 21.4. The van der Waals surface area contributed by atoms with Crippen LogP contribution in [0.4, 0.5) is 10.5 Å². The van der Waals surface area contributed by atoms with E-state index in [-0.39, 0.29) is 61.7 Å². The van der Waals surface area contributed by atoms with Gasteiger partial charge in [0.15, 0.2) is 6.54 Å². The molecule has 14 heteroatoms. The summed E-state index contributed by atoms with van der Waals surface area (Å²) in [6, 6.07) is 7.08. The van der Waals surface area contributed by atoms with E-state index in [1.807, 2.05) is 58.6 Å². The SMILES string of the molecule is CC(C)(C)OC(=O)CN1CC(Cc2ccc(NC(=O)OC(C)(C)C)cc2)(N(CC(=O)OC(C)(C)C)CC(=O)OC(C)(C)C)C[N+](C)(CC(=O)OC(C)(C)C)[C@@H]2CCCC[C@H]21. The molecule has 0 bridgehead atoms. The third-order valence-electron chi connectivity index (χ3n) is 10.1. The summed E-state index contributed by atoms with van der Waals surface area (Å²) in [5.41, 5.74) is -3.55. The van der Waals surface area contributed by atoms with Gasteiger partial charge < -0.3 is 28.2 Å². The molecule has 2 unspecified atom stereocenters. The molecule has 1 amide bonds. The van der Waals surface area contributed by atoms with E-state index in [1.165, 1.54) is 0 Å². The average molecular weight is 846 g/mol. The quantitative estimate of drug-likeness (QED) is 0.130. The van der Waals surface area contributed by atoms with Gasteiger partial charge in [0.2, 0.25) is 0 Å². The number of ether oxygens (including phenoxy) is 5. The molecule has 1 aromatic rings. The van der Waals surface area contributed by atoms with Crippen LogP contribution in [-0.2, 0) is 49.3 Å². The summed E-state index contributed by atoms with van der Waals surface area (Å²) in [6.07, 6.45) is 3.10. The molecule has 1 aliphatic carbocycles. The van der Waals surface area contributed by atoms with Crippen molar-refractivity contribution in [3.63, 3.8) is 0 Å². The van der Waals surface area contributed by atoms with Crippen molar-refractivity contribution in [1.29, 1.82) is 0 Å². The van der Waals surface area contributed by atoms with E-state index in [4.69, 9.17) is 23.7 Å². The maximum Gasteiger partial charge on any atom is 0.412 e. The molecule has 340 valence electrons. The second-order valence-electron chi connectivity index (χ2n) is 22.0. The second-order valence-corrected chi connectivity index (χ2v) is 22.0. The Kier molecular flexibility index (Phi) is 16.1. The fourth-order valence-corrected chi connectivity index (χ4v) is 8.52. The number of likely N-dealkylation sites (N-methyl/N-ethyl adjacent to an activating group) is 1. The van der Waals surface area contributed by atoms with Gasteiger partial charge in [-0.25, -0.2) is 9.59 Å². The molecule has 1 heterocycles. The van der Waals surface area contributed by atoms with Crippen molar-refractivity contribution in [1.82, 2.24) is 9.80 Å². The summed E-state index contributed by atoms with van der Waals surface area (Å²) in [6.45, 7) is 27.1. The van der Waals surface area contributed by atoms with Gasteiger partial charge in [-0.2, -0.15) is 0 Å². The van der Waals surface area contributed by atoms with Gasteiger partial charge in [0.05, 0.1) is 44.8 Å². The molecule has 3 rings (SSSR count). The summed E-state index contributed by atoms with van der Waals surface area (Å²) < 4.78 is 29.4. The zero-order valence-corrected chi connectivity index (χ0v) is 39.7. The molecule has 1 saturated carbocycles. The first kappa shape index (κ1) is 50.6. The van der Waals surface area contributed by atoms with Gasteiger partial charge in [-0.05, 0) is 141 Å². The first-order chi connectivity index (χ1) is 27.1. The predicted molar refractivity (Wildman–Crippen MR) is 231 cm³/mol. The maximum atomic E-state index is 14.0. The van der Waals surface area contributed by atoms with Crippen LogP contribution in [-0.4, -0.2) is 136 Å². The van der Waals surface area contributed by atoms with Crippen molar-refractivity contribution >= 4 is 35.7 Å². The lowest BCUT2D eigenvalue weighted by molar-refractivity contribution is -0.932. The lowest BCUT2D eigenvalue weighted by Gasteiger charge is -2.50. The summed E-state index contributed by atoms with van der Waals surface area (Å²) in [5.74, 6) is -1.84. The number of fused-ring (bicyclic) bond motifs is 1. The van der Waals surface area contributed by atoms with E-state index >= 15 is 0 Å². The standard InChI is InChI=1S/C46H76N4O10/c1-41(2,3)56-36(51)26-48-30-46(25-32-21-23-33(24-22-32)47-40(55)60-45(13,14)15,49(27-37(52)57-42(4,5)6)28-38(53)58-43(7,8)9)31-50(16,29-39(54)59-44(10,11)12)35-20-18-17-19-34(35)48/h21-24,34-35H,17-20,25-31H2,1-16H3/p+1/t34-,35-,46?,50?/m1/s1. The Hall–Kier alpha value is -3.75. The summed E-state index contributed by atoms with van der Waals surface area (Å²) in [5, 5.41) is 2.79. The van der Waals surface area contributed by atoms with Crippen molar-refractivity contribution in [2.75, 3.05) is 51.6 Å². The first-order valence-corrected chi connectivity index (χ1v) is 21.4. The third-order valence-corrected chi connectivity index (χ3v) is 10.1. The van der Waals surface area contributed by atoms with E-state index in [0.29, 0.717) is 12.2 Å². The van der Waals surface area contributed by atoms with Gasteiger partial charge in [-0.15, -0.1) is 0 Å². The Balaban J connectivity index is 2.35. The molecule has 1 aliphatic heterocycles. The number of amides is 1. The number of anilines is 1. The van der Waals surface area contributed by atoms with Crippen molar-refractivity contribution in [2.45, 2.75) is 182 Å². The number of quaternary nitrogens is 1. The molecule has 14 nitrogen and oxygen atoms in total. The number of nitrogens with zero attached hydrogens (tertiary/aromatic N) is 3. The van der Waals surface area contributed by atoms with Crippen molar-refractivity contribution in [3.8, 4) is 0 Å². The Morgan fingerprint density at radius 2 is 1.12 bits per heavy atom. The molecule has 0 aromatic heterocycles. The number of hydrogen-bond donors (Lipinski definition) is 1. The number of hydrogen-bond acceptors (Lipinski definition) is 12. The van der Waals surface area contributed by atoms with Crippen LogP contribution in [0, 0.1) is 0 Å². The van der Waals surface area contributed by atoms with Crippen LogP contribution in [0.3, 0.4) is 0 Å². The van der Waals surface area contributed by atoms with E-state index in [0.717, 1.165) is 31.2 Å². The molecule has 1 N–H and O–H groups in total. The molecule has 2 aliphatic rings. The molecule has 1 aromatic carbocycles. The molecule has 1 saturated heterocycles. The number of nitrogens with one attached hydrogen (secondary N) is 1. The van der Waals surface area contributed by atoms with Gasteiger partial charge in [-0.1, -0.05) is 18.6 Å². The fourth-order valence-electron chi connectivity index (χ4n) is 8.52. The number of esters is 4. The highest BCUT2D eigenvalue weighted by atomic mass is 16.6. The molecule has 4 atom stereocenters. The highest BCUT2D eigenvalue weighted by Crippen LogP contribution is 2.40. The Morgan fingerprint density at radius 3 is 1.60 bits per heavy atom. The van der Waals surface area contributed by atoms with E-state index in [9.17, 15) is 24.0 Å². The van der Waals surface area contributed by atoms with Gasteiger partial charge in [-0.3, -0.25) is 29.5 Å². The predicted octanol–water partition coefficient (Wildman–Crippen LogP) is 7.06. The van der Waals surface area contributed by atoms with Crippen LogP contribution in [0.5, 0.6) is 0 Å². The monoisotopic (exact) mass is 846 g/mol. The zero-order chi connectivity index (χ0) is 45.7. The third kappa shape index (κ3) is 17.0. The number of rotatable bonds is 12. The largest absolute Gasteiger partial charge is 0.459 e. The molecule has 2 fully saturated rings. The van der Waals surface area contributed by atoms with Crippen molar-refractivity contribution in [3.05, 3.63) is 29.8 Å². The van der Waals surface area contributed by atoms with E-state index in [2.05, 4.69) is 17.3 Å². The van der Waals surface area contributed by atoms with Gasteiger partial charge in [0.25, 0.3) is 0 Å². The summed E-state index contributed by atoms with van der Waals surface area (Å²) in [7, 11) is 2.06. The summed E-state index contributed by atoms with van der Waals surface area (Å²) in [4.78, 5) is 72.7. The topological polar surface area (TPSA) is 150 Å². The highest BCUT2D eigenvalue weighted by Gasteiger charge is 2.56. The van der Waals surface area contributed by atoms with Crippen LogP contribution in [0.1, 0.15) is 135 Å². The minimum atomic E-state index is -1.11. The lowest BCUT2D eigenvalue weighted by Crippen LogP contribution is -2.68. The minimum absolute atomic E-state index is 0.0198. The van der Waals surface area contributed by atoms with Crippen molar-refractivity contribution in [2.24, 2.45) is 0 Å². The van der Waals surface area contributed by atoms with Crippen LogP contribution in [0.2, 0.25) is 0 Å². The zero-order valence-electron chi connectivity index (χ0n) is 39.7. The van der Waals surface area contributed by atoms with Crippen LogP contribution >= 0.6 is 0 Å². The second kappa shape index (κ2) is 19.1. The molecular formula is C46H77N4O10+. The number of carbonyl (C=O) groups excluding carboxylic acids is 5. The van der Waals surface area contributed by atoms with E-state index in [1.54, 1.807) is 74.4 Å². The number of carbonyl (C=O) groups is 5. The smallest absolute Gasteiger partial charge is 0.412 e. The van der Waals surface area contributed by atoms with Gasteiger partial charge >= 0.3 is 30.0 Å². The Bertz CT molecular complexity index is 1630. The highest BCUT2D eigenvalue weighted by molar-refractivity contribution is 5.84. The number of benzene rings is 1. The van der Waals surface area contributed by atoms with Gasteiger partial charge in [0, 0.05) is 18.7 Å². The minimum Gasteiger partial charge on any atom is -0.459 e. The average Bonchev–Trinajstić information content (AvgIpc) is 3.09. The Morgan fingerprint density at radius 1 is 0.667 bits per heavy atom. The molecule has 60 heavy (non-hydrogen) atoms. The van der Waals surface area contributed by atoms with Crippen LogP contribution in [0.25, 0.3) is 0 Å². The molecule has 0 spiro atoms. The summed E-state index contributed by atoms with van der Waals surface area (Å²) >= 11 is 0. The Labute approximate surface area is 359 Å². The molecular weight excluding hydrogens is 769 g/mol. The van der Waals surface area contributed by atoms with Crippen LogP contribution < -0.4 is 5.32 Å². The van der Waals surface area contributed by atoms with E-state index < -0.39 is 57.5 Å². The fraction of sp³-hybridized carbons (Fsp3) is 0.761. The van der Waals surface area contributed by atoms with Crippen LogP contribution in [0.15, 0.2) is 24.3 Å². The normalized spacial score (nSPS) is 23.1. The molecule has 0 radical (unpaired) electrons. The van der Waals surface area contributed by atoms with Gasteiger partial charge in [0.1, 0.15) is 34.0 Å².